The minimum atomic E-state index is -0.851. The van der Waals surface area contributed by atoms with Crippen LogP contribution in [0.1, 0.15) is 37.8 Å². The van der Waals surface area contributed by atoms with E-state index in [0.29, 0.717) is 13.0 Å². The lowest BCUT2D eigenvalue weighted by Crippen LogP contribution is -2.25. The summed E-state index contributed by atoms with van der Waals surface area (Å²) in [6.45, 7) is 4.97. The summed E-state index contributed by atoms with van der Waals surface area (Å²) in [7, 11) is 0. The summed E-state index contributed by atoms with van der Waals surface area (Å²) in [5, 5.41) is 12.4. The van der Waals surface area contributed by atoms with E-state index >= 15 is 0 Å². The summed E-state index contributed by atoms with van der Waals surface area (Å²) >= 11 is 0. The van der Waals surface area contributed by atoms with E-state index in [9.17, 15) is 4.79 Å². The van der Waals surface area contributed by atoms with Crippen molar-refractivity contribution in [3.05, 3.63) is 29.3 Å². The van der Waals surface area contributed by atoms with Gasteiger partial charge in [0.15, 0.2) is 6.10 Å². The van der Waals surface area contributed by atoms with E-state index in [1.807, 2.05) is 0 Å². The van der Waals surface area contributed by atoms with Crippen LogP contribution in [-0.4, -0.2) is 29.8 Å². The molecule has 2 unspecified atom stereocenters. The molecule has 0 amide bonds. The molecule has 1 aromatic carbocycles. The minimum absolute atomic E-state index is 0.00859. The standard InChI is InChI=1S/C16H23NO3/c1-3-11-6-5-7-12(4-2)15(11)17-10-13-8-9-14(20-13)16(18)19/h5-7,13-14,17H,3-4,8-10H2,1-2H3,(H,18,19). The molecule has 0 aliphatic carbocycles. The molecule has 2 rings (SSSR count). The normalized spacial score (nSPS) is 21.9. The van der Waals surface area contributed by atoms with E-state index in [1.165, 1.54) is 16.8 Å². The molecule has 2 atom stereocenters. The molecule has 4 heteroatoms. The van der Waals surface area contributed by atoms with Crippen LogP contribution in [0.2, 0.25) is 0 Å². The number of benzene rings is 1. The topological polar surface area (TPSA) is 58.6 Å². The third-order valence-corrected chi connectivity index (χ3v) is 3.89. The number of hydrogen-bond donors (Lipinski definition) is 2. The molecule has 0 spiro atoms. The second-order valence-corrected chi connectivity index (χ2v) is 5.20. The van der Waals surface area contributed by atoms with Crippen molar-refractivity contribution in [3.63, 3.8) is 0 Å². The van der Waals surface area contributed by atoms with Gasteiger partial charge in [0, 0.05) is 12.2 Å². The Hall–Kier alpha value is -1.55. The molecule has 1 aliphatic heterocycles. The summed E-state index contributed by atoms with van der Waals surface area (Å²) < 4.78 is 5.53. The van der Waals surface area contributed by atoms with Crippen molar-refractivity contribution in [3.8, 4) is 0 Å². The molecule has 1 aromatic rings. The number of rotatable bonds is 6. The average Bonchev–Trinajstić information content (AvgIpc) is 2.93. The molecule has 1 saturated heterocycles. The molecule has 0 aromatic heterocycles. The van der Waals surface area contributed by atoms with Crippen molar-refractivity contribution >= 4 is 11.7 Å². The van der Waals surface area contributed by atoms with Crippen LogP contribution in [-0.2, 0) is 22.4 Å². The van der Waals surface area contributed by atoms with Gasteiger partial charge in [0.1, 0.15) is 0 Å². The molecule has 110 valence electrons. The number of ether oxygens (including phenoxy) is 1. The van der Waals surface area contributed by atoms with Gasteiger partial charge in [-0.05, 0) is 36.8 Å². The van der Waals surface area contributed by atoms with Crippen LogP contribution in [0, 0.1) is 0 Å². The Morgan fingerprint density at radius 2 is 1.95 bits per heavy atom. The average molecular weight is 277 g/mol. The number of aliphatic carboxylic acids is 1. The van der Waals surface area contributed by atoms with E-state index < -0.39 is 12.1 Å². The summed E-state index contributed by atoms with van der Waals surface area (Å²) in [6.07, 6.45) is 2.75. The van der Waals surface area contributed by atoms with Crippen LogP contribution in [0.3, 0.4) is 0 Å². The van der Waals surface area contributed by atoms with Crippen LogP contribution in [0.5, 0.6) is 0 Å². The second-order valence-electron chi connectivity index (χ2n) is 5.20. The van der Waals surface area contributed by atoms with Gasteiger partial charge in [-0.2, -0.15) is 0 Å². The fraction of sp³-hybridized carbons (Fsp3) is 0.562. The van der Waals surface area contributed by atoms with Crippen molar-refractivity contribution in [2.75, 3.05) is 11.9 Å². The van der Waals surface area contributed by atoms with Gasteiger partial charge < -0.3 is 15.2 Å². The van der Waals surface area contributed by atoms with Crippen molar-refractivity contribution in [2.24, 2.45) is 0 Å². The van der Waals surface area contributed by atoms with E-state index in [2.05, 4.69) is 37.4 Å². The van der Waals surface area contributed by atoms with E-state index in [0.717, 1.165) is 19.3 Å². The highest BCUT2D eigenvalue weighted by atomic mass is 16.5. The molecule has 20 heavy (non-hydrogen) atoms. The Kier molecular flexibility index (Phi) is 5.01. The Balaban J connectivity index is 1.99. The molecule has 4 nitrogen and oxygen atoms in total. The number of para-hydroxylation sites is 1. The first-order valence-electron chi connectivity index (χ1n) is 7.38. The summed E-state index contributed by atoms with van der Waals surface area (Å²) in [4.78, 5) is 10.9. The minimum Gasteiger partial charge on any atom is -0.479 e. The molecule has 1 fully saturated rings. The molecular weight excluding hydrogens is 254 g/mol. The second kappa shape index (κ2) is 6.75. The maximum Gasteiger partial charge on any atom is 0.332 e. The number of hydrogen-bond acceptors (Lipinski definition) is 3. The number of nitrogens with one attached hydrogen (secondary N) is 1. The van der Waals surface area contributed by atoms with Gasteiger partial charge in [0.2, 0.25) is 0 Å². The zero-order chi connectivity index (χ0) is 14.5. The van der Waals surface area contributed by atoms with Crippen LogP contribution in [0.4, 0.5) is 5.69 Å². The lowest BCUT2D eigenvalue weighted by atomic mass is 10.0. The van der Waals surface area contributed by atoms with Gasteiger partial charge in [-0.3, -0.25) is 0 Å². The quantitative estimate of drug-likeness (QED) is 0.839. The SMILES string of the molecule is CCc1cccc(CC)c1NCC1CCC(C(=O)O)O1. The van der Waals surface area contributed by atoms with Gasteiger partial charge in [0.05, 0.1) is 6.10 Å². The molecule has 1 aliphatic rings. The van der Waals surface area contributed by atoms with Gasteiger partial charge in [-0.25, -0.2) is 4.79 Å². The highest BCUT2D eigenvalue weighted by Crippen LogP contribution is 2.25. The molecular formula is C16H23NO3. The van der Waals surface area contributed by atoms with Gasteiger partial charge in [-0.15, -0.1) is 0 Å². The maximum absolute atomic E-state index is 10.9. The van der Waals surface area contributed by atoms with Crippen molar-refractivity contribution < 1.29 is 14.6 Å². The Bertz CT molecular complexity index is 451. The van der Waals surface area contributed by atoms with Crippen molar-refractivity contribution in [1.29, 1.82) is 0 Å². The molecule has 2 N–H and O–H groups in total. The van der Waals surface area contributed by atoms with Gasteiger partial charge in [0.25, 0.3) is 0 Å². The fourth-order valence-electron chi connectivity index (χ4n) is 2.72. The third-order valence-electron chi connectivity index (χ3n) is 3.89. The molecule has 1 heterocycles. The monoisotopic (exact) mass is 277 g/mol. The number of carbonyl (C=O) groups is 1. The predicted octanol–water partition coefficient (Wildman–Crippen LogP) is 2.86. The first-order valence-corrected chi connectivity index (χ1v) is 7.38. The van der Waals surface area contributed by atoms with Crippen LogP contribution in [0.15, 0.2) is 18.2 Å². The number of anilines is 1. The lowest BCUT2D eigenvalue weighted by molar-refractivity contribution is -0.149. The Labute approximate surface area is 120 Å². The summed E-state index contributed by atoms with van der Waals surface area (Å²) in [6, 6.07) is 6.36. The lowest BCUT2D eigenvalue weighted by Gasteiger charge is -2.18. The highest BCUT2D eigenvalue weighted by molar-refractivity contribution is 5.72. The van der Waals surface area contributed by atoms with Gasteiger partial charge >= 0.3 is 5.97 Å². The Morgan fingerprint density at radius 3 is 2.45 bits per heavy atom. The number of carboxylic acid groups (broad SMARTS) is 1. The number of aryl methyl sites for hydroxylation is 2. The van der Waals surface area contributed by atoms with Crippen LogP contribution in [0.25, 0.3) is 0 Å². The first-order chi connectivity index (χ1) is 9.65. The van der Waals surface area contributed by atoms with E-state index in [-0.39, 0.29) is 6.10 Å². The van der Waals surface area contributed by atoms with Crippen LogP contribution < -0.4 is 5.32 Å². The zero-order valence-electron chi connectivity index (χ0n) is 12.2. The molecule has 0 saturated carbocycles. The zero-order valence-corrected chi connectivity index (χ0v) is 12.2. The highest BCUT2D eigenvalue weighted by Gasteiger charge is 2.30. The molecule has 0 radical (unpaired) electrons. The van der Waals surface area contributed by atoms with Crippen LogP contribution >= 0.6 is 0 Å². The van der Waals surface area contributed by atoms with Crippen molar-refractivity contribution in [1.82, 2.24) is 0 Å². The van der Waals surface area contributed by atoms with Gasteiger partial charge in [-0.1, -0.05) is 32.0 Å². The summed E-state index contributed by atoms with van der Waals surface area (Å²) in [5.74, 6) is -0.851. The number of carboxylic acids is 1. The summed E-state index contributed by atoms with van der Waals surface area (Å²) in [5.41, 5.74) is 3.80. The fourth-order valence-corrected chi connectivity index (χ4v) is 2.72. The predicted molar refractivity (Wildman–Crippen MR) is 79.2 cm³/mol. The smallest absolute Gasteiger partial charge is 0.332 e. The van der Waals surface area contributed by atoms with E-state index in [4.69, 9.17) is 9.84 Å². The first kappa shape index (κ1) is 14.9. The third kappa shape index (κ3) is 3.31. The Morgan fingerprint density at radius 1 is 1.30 bits per heavy atom. The van der Waals surface area contributed by atoms with E-state index in [1.54, 1.807) is 0 Å². The molecule has 0 bridgehead atoms. The maximum atomic E-state index is 10.9. The largest absolute Gasteiger partial charge is 0.479 e. The van der Waals surface area contributed by atoms with Crippen molar-refractivity contribution in [2.45, 2.75) is 51.7 Å².